The molecule has 1 N–H and O–H groups in total. The molecule has 1 aromatic heterocycles. The Kier molecular flexibility index (Phi) is 8.57. The zero-order valence-corrected chi connectivity index (χ0v) is 24.3. The third-order valence-corrected chi connectivity index (χ3v) is 7.79. The van der Waals surface area contributed by atoms with Crippen LogP contribution in [-0.2, 0) is 10.9 Å². The Bertz CT molecular complexity index is 1490. The number of benzene rings is 2. The van der Waals surface area contributed by atoms with Gasteiger partial charge < -0.3 is 24.8 Å². The summed E-state index contributed by atoms with van der Waals surface area (Å²) in [5.74, 6) is -2.47. The molecule has 3 aromatic rings. The fourth-order valence-corrected chi connectivity index (χ4v) is 5.52. The number of aromatic nitrogens is 2. The summed E-state index contributed by atoms with van der Waals surface area (Å²) >= 11 is 0. The summed E-state index contributed by atoms with van der Waals surface area (Å²) in [5.41, 5.74) is -1.47. The van der Waals surface area contributed by atoms with Crippen LogP contribution in [0, 0.1) is 11.6 Å². The van der Waals surface area contributed by atoms with Gasteiger partial charge in [0.2, 0.25) is 5.95 Å². The van der Waals surface area contributed by atoms with Crippen molar-refractivity contribution in [3.8, 4) is 11.3 Å². The van der Waals surface area contributed by atoms with E-state index >= 15 is 4.39 Å². The number of alkyl halides is 3. The van der Waals surface area contributed by atoms with Crippen molar-refractivity contribution < 1.29 is 31.5 Å². The molecule has 2 aliphatic rings. The average Bonchev–Trinajstić information content (AvgIpc) is 2.94. The number of rotatable bonds is 5. The molecule has 2 aliphatic heterocycles. The van der Waals surface area contributed by atoms with Crippen LogP contribution >= 0.6 is 0 Å². The first-order valence-electron chi connectivity index (χ1n) is 14.0. The maximum atomic E-state index is 15.8. The van der Waals surface area contributed by atoms with E-state index in [-0.39, 0.29) is 41.3 Å². The summed E-state index contributed by atoms with van der Waals surface area (Å²) in [6.07, 6.45) is -3.59. The highest BCUT2D eigenvalue weighted by atomic mass is 19.4. The zero-order valence-electron chi connectivity index (χ0n) is 24.3. The summed E-state index contributed by atoms with van der Waals surface area (Å²) in [6.45, 7) is 8.59. The molecule has 3 atom stereocenters. The molecule has 43 heavy (non-hydrogen) atoms. The van der Waals surface area contributed by atoms with Gasteiger partial charge in [0.1, 0.15) is 11.6 Å². The molecule has 5 rings (SSSR count). The number of ether oxygens (including phenoxy) is 1. The second kappa shape index (κ2) is 12.0. The number of anilines is 3. The van der Waals surface area contributed by atoms with Crippen molar-refractivity contribution in [3.05, 3.63) is 65.4 Å². The van der Waals surface area contributed by atoms with Gasteiger partial charge in [-0.3, -0.25) is 4.79 Å². The SMILES string of the molecule is C[C@@H]1CN(c2nccc(-c3cc(NC(=O)c4ccc(F)cc4C(F)(F)F)c(N4CCN(C)[C@H](C)C4)cc3F)n2)C[C@H](C)O1. The number of piperazine rings is 1. The normalized spacial score (nSPS) is 21.7. The monoisotopic (exact) mass is 604 g/mol. The van der Waals surface area contributed by atoms with Gasteiger partial charge in [-0.2, -0.15) is 13.2 Å². The number of carbonyl (C=O) groups is 1. The van der Waals surface area contributed by atoms with Gasteiger partial charge in [0.15, 0.2) is 0 Å². The van der Waals surface area contributed by atoms with Crippen LogP contribution in [0.1, 0.15) is 36.7 Å². The zero-order chi connectivity index (χ0) is 31.1. The number of nitrogens with one attached hydrogen (secondary N) is 1. The van der Waals surface area contributed by atoms with Crippen molar-refractivity contribution in [2.24, 2.45) is 0 Å². The fourth-order valence-electron chi connectivity index (χ4n) is 5.52. The van der Waals surface area contributed by atoms with E-state index in [2.05, 4.69) is 20.2 Å². The highest BCUT2D eigenvalue weighted by Gasteiger charge is 2.36. The second-order valence-corrected chi connectivity index (χ2v) is 11.2. The molecular weight excluding hydrogens is 571 g/mol. The molecule has 0 radical (unpaired) electrons. The van der Waals surface area contributed by atoms with Crippen molar-refractivity contribution in [1.82, 2.24) is 14.9 Å². The molecule has 3 heterocycles. The van der Waals surface area contributed by atoms with E-state index in [9.17, 15) is 22.4 Å². The number of amides is 1. The van der Waals surface area contributed by atoms with Gasteiger partial charge >= 0.3 is 6.18 Å². The van der Waals surface area contributed by atoms with Crippen molar-refractivity contribution >= 4 is 23.2 Å². The van der Waals surface area contributed by atoms with Gasteiger partial charge in [-0.15, -0.1) is 0 Å². The quantitative estimate of drug-likeness (QED) is 0.389. The standard InChI is InChI=1S/C30H33F5N6O2/c1-17-14-40(10-9-39(17)4)27-13-24(32)22(25-7-8-36-29(38-25)41-15-18(2)43-19(3)16-41)12-26(27)37-28(42)21-6-5-20(31)11-23(21)30(33,34)35/h5-8,11-13,17-19H,9-10,14-16H2,1-4H3,(H,37,42)/t17-,18-,19+/m1/s1. The minimum atomic E-state index is -4.97. The lowest BCUT2D eigenvalue weighted by molar-refractivity contribution is -0.138. The van der Waals surface area contributed by atoms with E-state index in [1.807, 2.05) is 37.6 Å². The van der Waals surface area contributed by atoms with E-state index in [1.165, 1.54) is 24.4 Å². The lowest BCUT2D eigenvalue weighted by atomic mass is 10.0. The molecule has 2 aromatic carbocycles. The van der Waals surface area contributed by atoms with E-state index in [0.29, 0.717) is 44.4 Å². The van der Waals surface area contributed by atoms with E-state index in [0.717, 1.165) is 12.1 Å². The molecular formula is C30H33F5N6O2. The molecule has 1 amide bonds. The van der Waals surface area contributed by atoms with Crippen LogP contribution in [0.15, 0.2) is 42.6 Å². The lowest BCUT2D eigenvalue weighted by Gasteiger charge is -2.39. The molecule has 230 valence electrons. The summed E-state index contributed by atoms with van der Waals surface area (Å²) in [6, 6.07) is 6.12. The number of hydrogen-bond donors (Lipinski definition) is 1. The molecule has 0 aliphatic carbocycles. The average molecular weight is 605 g/mol. The Morgan fingerprint density at radius 1 is 0.977 bits per heavy atom. The van der Waals surface area contributed by atoms with Crippen LogP contribution in [0.3, 0.4) is 0 Å². The number of halogens is 5. The van der Waals surface area contributed by atoms with Gasteiger partial charge in [-0.25, -0.2) is 18.7 Å². The van der Waals surface area contributed by atoms with Crippen LogP contribution in [0.4, 0.5) is 39.3 Å². The Morgan fingerprint density at radius 2 is 1.70 bits per heavy atom. The summed E-state index contributed by atoms with van der Waals surface area (Å²) in [7, 11) is 1.96. The molecule has 0 bridgehead atoms. The van der Waals surface area contributed by atoms with Crippen molar-refractivity contribution in [2.75, 3.05) is 54.9 Å². The molecule has 0 unspecified atom stereocenters. The van der Waals surface area contributed by atoms with E-state index < -0.39 is 34.8 Å². The first kappa shape index (κ1) is 30.6. The van der Waals surface area contributed by atoms with Crippen LogP contribution in [-0.4, -0.2) is 78.8 Å². The predicted octanol–water partition coefficient (Wildman–Crippen LogP) is 5.45. The van der Waals surface area contributed by atoms with Crippen LogP contribution in [0.2, 0.25) is 0 Å². The second-order valence-electron chi connectivity index (χ2n) is 11.2. The minimum Gasteiger partial charge on any atom is -0.372 e. The number of likely N-dealkylation sites (N-methyl/N-ethyl adjacent to an activating group) is 1. The van der Waals surface area contributed by atoms with Crippen molar-refractivity contribution in [3.63, 3.8) is 0 Å². The molecule has 0 saturated carbocycles. The topological polar surface area (TPSA) is 73.8 Å². The Morgan fingerprint density at radius 3 is 2.37 bits per heavy atom. The Hall–Kier alpha value is -3.84. The number of hydrogen-bond acceptors (Lipinski definition) is 7. The van der Waals surface area contributed by atoms with Crippen LogP contribution in [0.5, 0.6) is 0 Å². The summed E-state index contributed by atoms with van der Waals surface area (Å²) < 4.78 is 76.5. The van der Waals surface area contributed by atoms with Gasteiger partial charge in [0, 0.05) is 50.5 Å². The number of morpholine rings is 1. The first-order valence-corrected chi connectivity index (χ1v) is 14.0. The molecule has 0 spiro atoms. The Labute approximate surface area is 246 Å². The predicted molar refractivity (Wildman–Crippen MR) is 153 cm³/mol. The molecule has 2 saturated heterocycles. The first-order chi connectivity index (χ1) is 20.3. The van der Waals surface area contributed by atoms with Gasteiger partial charge in [-0.05, 0) is 64.2 Å². The van der Waals surface area contributed by atoms with E-state index in [1.54, 1.807) is 0 Å². The van der Waals surface area contributed by atoms with Crippen molar-refractivity contribution in [2.45, 2.75) is 45.2 Å². The smallest absolute Gasteiger partial charge is 0.372 e. The molecule has 8 nitrogen and oxygen atoms in total. The van der Waals surface area contributed by atoms with E-state index in [4.69, 9.17) is 4.74 Å². The Balaban J connectivity index is 1.56. The summed E-state index contributed by atoms with van der Waals surface area (Å²) in [4.78, 5) is 28.2. The number of nitrogens with zero attached hydrogens (tertiary/aromatic N) is 5. The molecule has 13 heteroatoms. The largest absolute Gasteiger partial charge is 0.417 e. The fraction of sp³-hybridized carbons (Fsp3) is 0.433. The summed E-state index contributed by atoms with van der Waals surface area (Å²) in [5, 5.41) is 2.56. The third-order valence-electron chi connectivity index (χ3n) is 7.79. The lowest BCUT2D eigenvalue weighted by Crippen LogP contribution is -2.50. The highest BCUT2D eigenvalue weighted by Crippen LogP contribution is 2.37. The van der Waals surface area contributed by atoms with Crippen LogP contribution < -0.4 is 15.1 Å². The van der Waals surface area contributed by atoms with Gasteiger partial charge in [0.25, 0.3) is 5.91 Å². The minimum absolute atomic E-state index is 0.0365. The maximum Gasteiger partial charge on any atom is 0.417 e. The van der Waals surface area contributed by atoms with Gasteiger partial charge in [0.05, 0.1) is 40.4 Å². The van der Waals surface area contributed by atoms with Gasteiger partial charge in [-0.1, -0.05) is 0 Å². The molecule has 2 fully saturated rings. The highest BCUT2D eigenvalue weighted by molar-refractivity contribution is 6.07. The number of carbonyl (C=O) groups excluding carboxylic acids is 1. The maximum absolute atomic E-state index is 15.8. The van der Waals surface area contributed by atoms with Crippen molar-refractivity contribution in [1.29, 1.82) is 0 Å². The third kappa shape index (κ3) is 6.72. The van der Waals surface area contributed by atoms with Crippen LogP contribution in [0.25, 0.3) is 11.3 Å².